The fourth-order valence-corrected chi connectivity index (χ4v) is 5.82. The zero-order chi connectivity index (χ0) is 34.4. The van der Waals surface area contributed by atoms with Crippen LogP contribution in [0.2, 0.25) is 18.1 Å². The third-order valence-corrected chi connectivity index (χ3v) is 12.7. The predicted molar refractivity (Wildman–Crippen MR) is 185 cm³/mol. The van der Waals surface area contributed by atoms with Crippen molar-refractivity contribution in [3.8, 4) is 17.2 Å². The summed E-state index contributed by atoms with van der Waals surface area (Å²) < 4.78 is 24.0. The molecule has 1 N–H and O–H groups in total. The maximum absolute atomic E-state index is 13.6. The molecule has 9 nitrogen and oxygen atoms in total. The summed E-state index contributed by atoms with van der Waals surface area (Å²) in [6.45, 7) is 16.8. The van der Waals surface area contributed by atoms with Crippen LogP contribution in [-0.2, 0) is 9.47 Å². The van der Waals surface area contributed by atoms with Gasteiger partial charge in [-0.1, -0.05) is 45.0 Å². The van der Waals surface area contributed by atoms with Crippen LogP contribution < -0.4 is 14.5 Å². The minimum atomic E-state index is -2.05. The van der Waals surface area contributed by atoms with E-state index in [1.807, 2.05) is 30.3 Å². The van der Waals surface area contributed by atoms with E-state index in [1.165, 1.54) is 0 Å². The van der Waals surface area contributed by atoms with Crippen LogP contribution in [0.5, 0.6) is 17.2 Å². The lowest BCUT2D eigenvalue weighted by atomic mass is 10.1. The molecule has 0 radical (unpaired) electrons. The maximum atomic E-state index is 13.6. The Labute approximate surface area is 279 Å². The van der Waals surface area contributed by atoms with Gasteiger partial charge in [-0.05, 0) is 106 Å². The monoisotopic (exact) mass is 660 g/mol. The van der Waals surface area contributed by atoms with Crippen LogP contribution in [0.1, 0.15) is 75.1 Å². The quantitative estimate of drug-likeness (QED) is 0.192. The molecule has 2 amide bonds. The Balaban J connectivity index is 1.52. The third kappa shape index (κ3) is 10.1. The fraction of sp³-hybridized carbons (Fsp3) is 0.432. The van der Waals surface area contributed by atoms with Crippen LogP contribution in [0, 0.1) is 0 Å². The molecular weight excluding hydrogens is 613 g/mol. The average molecular weight is 661 g/mol. The summed E-state index contributed by atoms with van der Waals surface area (Å²) in [5.41, 5.74) is 0.0558. The molecule has 10 heteroatoms. The molecule has 3 aromatic rings. The summed E-state index contributed by atoms with van der Waals surface area (Å²) in [4.78, 5) is 41.7. The molecule has 0 saturated carbocycles. The minimum Gasteiger partial charge on any atom is -0.544 e. The second-order valence-corrected chi connectivity index (χ2v) is 19.1. The smallest absolute Gasteiger partial charge is 0.410 e. The topological polar surface area (TPSA) is 103 Å². The number of hydrogen-bond donors (Lipinski definition) is 1. The Morgan fingerprint density at radius 2 is 1.47 bits per heavy atom. The molecular formula is C37H48N2O7Si. The van der Waals surface area contributed by atoms with Crippen LogP contribution in [0.15, 0.2) is 78.9 Å². The number of nitrogens with zero attached hydrogens (tertiary/aromatic N) is 1. The molecule has 0 bridgehead atoms. The summed E-state index contributed by atoms with van der Waals surface area (Å²) in [5.74, 6) is 0.952. The van der Waals surface area contributed by atoms with Crippen molar-refractivity contribution in [2.75, 3.05) is 13.1 Å². The van der Waals surface area contributed by atoms with Gasteiger partial charge in [-0.3, -0.25) is 4.79 Å². The first-order valence-corrected chi connectivity index (χ1v) is 19.0. The van der Waals surface area contributed by atoms with Gasteiger partial charge in [0.25, 0.3) is 5.91 Å². The lowest BCUT2D eigenvalue weighted by Gasteiger charge is -2.36. The lowest BCUT2D eigenvalue weighted by molar-refractivity contribution is 0.0127. The standard InChI is InChI=1S/C37H48N2O7Si/c1-36(2,3)45-35(42)39-23-13-18-32(44-34(41)27-14-12-17-30(24-27)43-28-15-10-9-11-16-28)31(25-39)38-33(40)26-19-21-29(22-20-26)46-47(7,8)37(4,5)6/h9-12,14-17,19-22,24,31-32H,13,18,23,25H2,1-8H3,(H,38,40)/t31-,32-/m1/s1. The van der Waals surface area contributed by atoms with Gasteiger partial charge in [0.2, 0.25) is 8.32 Å². The van der Waals surface area contributed by atoms with Crippen molar-refractivity contribution < 1.29 is 33.0 Å². The Bertz CT molecular complexity index is 1530. The average Bonchev–Trinajstić information content (AvgIpc) is 3.18. The van der Waals surface area contributed by atoms with Gasteiger partial charge in [0.1, 0.15) is 29.0 Å². The van der Waals surface area contributed by atoms with Crippen LogP contribution in [0.3, 0.4) is 0 Å². The Hall–Kier alpha value is -4.31. The van der Waals surface area contributed by atoms with E-state index >= 15 is 0 Å². The Morgan fingerprint density at radius 3 is 2.11 bits per heavy atom. The SMILES string of the molecule is CC(C)(C)OC(=O)N1CCC[C@@H](OC(=O)c2cccc(Oc3ccccc3)c2)[C@H](NC(=O)c2ccc(O[Si](C)(C)C(C)(C)C)cc2)C1. The zero-order valence-corrected chi connectivity index (χ0v) is 29.8. The van der Waals surface area contributed by atoms with E-state index in [0.29, 0.717) is 47.8 Å². The molecule has 0 aliphatic carbocycles. The summed E-state index contributed by atoms with van der Waals surface area (Å²) >= 11 is 0. The summed E-state index contributed by atoms with van der Waals surface area (Å²) in [5, 5.41) is 3.08. The lowest BCUT2D eigenvalue weighted by Crippen LogP contribution is -2.51. The highest BCUT2D eigenvalue weighted by Crippen LogP contribution is 2.37. The van der Waals surface area contributed by atoms with Gasteiger partial charge in [-0.2, -0.15) is 0 Å². The van der Waals surface area contributed by atoms with Crippen LogP contribution in [0.25, 0.3) is 0 Å². The largest absolute Gasteiger partial charge is 0.544 e. The Morgan fingerprint density at radius 1 is 0.809 bits per heavy atom. The minimum absolute atomic E-state index is 0.0330. The van der Waals surface area contributed by atoms with Crippen molar-refractivity contribution in [2.45, 2.75) is 90.3 Å². The number of ether oxygens (including phenoxy) is 3. The highest BCUT2D eigenvalue weighted by molar-refractivity contribution is 6.74. The van der Waals surface area contributed by atoms with Crippen molar-refractivity contribution in [1.29, 1.82) is 0 Å². The van der Waals surface area contributed by atoms with E-state index in [1.54, 1.807) is 74.2 Å². The number of rotatable bonds is 8. The fourth-order valence-electron chi connectivity index (χ4n) is 4.79. The molecule has 1 aliphatic rings. The van der Waals surface area contributed by atoms with Crippen molar-refractivity contribution in [3.63, 3.8) is 0 Å². The highest BCUT2D eigenvalue weighted by Gasteiger charge is 2.39. The molecule has 0 spiro atoms. The summed E-state index contributed by atoms with van der Waals surface area (Å²) in [6, 6.07) is 22.4. The number of carbonyl (C=O) groups is 3. The number of amides is 2. The van der Waals surface area contributed by atoms with Crippen LogP contribution >= 0.6 is 0 Å². The van der Waals surface area contributed by atoms with E-state index in [9.17, 15) is 14.4 Å². The molecule has 1 saturated heterocycles. The normalized spacial score (nSPS) is 17.2. The molecule has 0 unspecified atom stereocenters. The van der Waals surface area contributed by atoms with E-state index in [0.717, 1.165) is 0 Å². The predicted octanol–water partition coefficient (Wildman–Crippen LogP) is 8.22. The number of para-hydroxylation sites is 1. The van der Waals surface area contributed by atoms with Gasteiger partial charge in [-0.25, -0.2) is 9.59 Å². The molecule has 1 fully saturated rings. The van der Waals surface area contributed by atoms with Gasteiger partial charge >= 0.3 is 12.1 Å². The van der Waals surface area contributed by atoms with Crippen molar-refractivity contribution in [3.05, 3.63) is 90.0 Å². The molecule has 252 valence electrons. The molecule has 47 heavy (non-hydrogen) atoms. The number of nitrogens with one attached hydrogen (secondary N) is 1. The molecule has 0 aromatic heterocycles. The molecule has 4 rings (SSSR count). The number of benzene rings is 3. The van der Waals surface area contributed by atoms with Crippen molar-refractivity contribution in [2.24, 2.45) is 0 Å². The second-order valence-electron chi connectivity index (χ2n) is 14.4. The number of carbonyl (C=O) groups excluding carboxylic acids is 3. The van der Waals surface area contributed by atoms with E-state index in [-0.39, 0.29) is 17.5 Å². The zero-order valence-electron chi connectivity index (χ0n) is 28.8. The first-order chi connectivity index (χ1) is 22.0. The van der Waals surface area contributed by atoms with Gasteiger partial charge in [0.15, 0.2) is 0 Å². The Kier molecular flexibility index (Phi) is 11.1. The van der Waals surface area contributed by atoms with Gasteiger partial charge in [0.05, 0.1) is 11.6 Å². The van der Waals surface area contributed by atoms with E-state index < -0.39 is 38.1 Å². The van der Waals surface area contributed by atoms with E-state index in [2.05, 4.69) is 39.2 Å². The van der Waals surface area contributed by atoms with Crippen LogP contribution in [-0.4, -0.2) is 62.0 Å². The molecule has 1 heterocycles. The van der Waals surface area contributed by atoms with Gasteiger partial charge in [0, 0.05) is 18.7 Å². The van der Waals surface area contributed by atoms with Crippen LogP contribution in [0.4, 0.5) is 4.79 Å². The summed E-state index contributed by atoms with van der Waals surface area (Å²) in [6.07, 6.45) is -0.184. The molecule has 2 atom stereocenters. The van der Waals surface area contributed by atoms with Gasteiger partial charge in [-0.15, -0.1) is 0 Å². The third-order valence-electron chi connectivity index (χ3n) is 8.35. The van der Waals surface area contributed by atoms with Crippen molar-refractivity contribution in [1.82, 2.24) is 10.2 Å². The molecule has 3 aromatic carbocycles. The van der Waals surface area contributed by atoms with Gasteiger partial charge < -0.3 is 28.9 Å². The number of hydrogen-bond acceptors (Lipinski definition) is 7. The van der Waals surface area contributed by atoms with E-state index in [4.69, 9.17) is 18.6 Å². The van der Waals surface area contributed by atoms with Crippen molar-refractivity contribution >= 4 is 26.3 Å². The number of likely N-dealkylation sites (tertiary alicyclic amines) is 1. The maximum Gasteiger partial charge on any atom is 0.410 e. The highest BCUT2D eigenvalue weighted by atomic mass is 28.4. The molecule has 1 aliphatic heterocycles. The summed E-state index contributed by atoms with van der Waals surface area (Å²) in [7, 11) is -2.05. The second kappa shape index (κ2) is 14.6. The first kappa shape index (κ1) is 35.5. The first-order valence-electron chi connectivity index (χ1n) is 16.1. The number of esters is 1.